The van der Waals surface area contributed by atoms with E-state index in [1.165, 1.54) is 0 Å². The molecule has 1 saturated heterocycles. The third kappa shape index (κ3) is 3.59. The van der Waals surface area contributed by atoms with E-state index in [2.05, 4.69) is 0 Å². The standard InChI is InChI=1S/C16H21NO3S/c1-3-10-20-16(19)13-11-21-14(4-2)17(13)15(18)12-8-6-5-7-9-12/h5-9,13-14H,3-4,10-11H2,1-2H3. The lowest BCUT2D eigenvalue weighted by molar-refractivity contribution is -0.148. The van der Waals surface area contributed by atoms with Gasteiger partial charge in [0.05, 0.1) is 12.0 Å². The predicted octanol–water partition coefficient (Wildman–Crippen LogP) is 2.93. The summed E-state index contributed by atoms with van der Waals surface area (Å²) in [5.74, 6) is 0.232. The Balaban J connectivity index is 2.18. The van der Waals surface area contributed by atoms with Gasteiger partial charge in [-0.1, -0.05) is 32.0 Å². The average Bonchev–Trinajstić information content (AvgIpc) is 2.96. The van der Waals surface area contributed by atoms with Gasteiger partial charge in [-0.25, -0.2) is 4.79 Å². The van der Waals surface area contributed by atoms with E-state index in [0.29, 0.717) is 17.9 Å². The molecule has 0 bridgehead atoms. The Kier molecular flexibility index (Phi) is 5.67. The monoisotopic (exact) mass is 307 g/mol. The fourth-order valence-corrected chi connectivity index (χ4v) is 3.70. The zero-order chi connectivity index (χ0) is 15.2. The van der Waals surface area contributed by atoms with Gasteiger partial charge in [0.25, 0.3) is 5.91 Å². The Labute approximate surface area is 129 Å². The first kappa shape index (κ1) is 15.9. The summed E-state index contributed by atoms with van der Waals surface area (Å²) in [5, 5.41) is 0.0388. The molecule has 0 aromatic heterocycles. The number of rotatable bonds is 5. The Morgan fingerprint density at radius 3 is 2.62 bits per heavy atom. The van der Waals surface area contributed by atoms with Crippen LogP contribution in [-0.2, 0) is 9.53 Å². The summed E-state index contributed by atoms with van der Waals surface area (Å²) in [5.41, 5.74) is 0.617. The minimum Gasteiger partial charge on any atom is -0.464 e. The summed E-state index contributed by atoms with van der Waals surface area (Å²) in [6.45, 7) is 4.39. The van der Waals surface area contributed by atoms with Gasteiger partial charge in [0, 0.05) is 11.3 Å². The second kappa shape index (κ2) is 7.50. The number of hydrogen-bond donors (Lipinski definition) is 0. The number of benzene rings is 1. The van der Waals surface area contributed by atoms with Crippen LogP contribution >= 0.6 is 11.8 Å². The van der Waals surface area contributed by atoms with E-state index >= 15 is 0 Å². The number of amides is 1. The highest BCUT2D eigenvalue weighted by atomic mass is 32.2. The normalized spacial score (nSPS) is 21.3. The molecule has 5 heteroatoms. The number of carbonyl (C=O) groups excluding carboxylic acids is 2. The zero-order valence-corrected chi connectivity index (χ0v) is 13.3. The van der Waals surface area contributed by atoms with E-state index in [4.69, 9.17) is 4.74 Å². The molecule has 4 nitrogen and oxygen atoms in total. The minimum absolute atomic E-state index is 0.0388. The Morgan fingerprint density at radius 1 is 1.29 bits per heavy atom. The largest absolute Gasteiger partial charge is 0.464 e. The molecule has 2 unspecified atom stereocenters. The molecule has 0 spiro atoms. The van der Waals surface area contributed by atoms with Crippen LogP contribution < -0.4 is 0 Å². The topological polar surface area (TPSA) is 46.6 Å². The van der Waals surface area contributed by atoms with Gasteiger partial charge >= 0.3 is 5.97 Å². The van der Waals surface area contributed by atoms with Crippen LogP contribution in [0.5, 0.6) is 0 Å². The quantitative estimate of drug-likeness (QED) is 0.785. The Bertz CT molecular complexity index is 492. The lowest BCUT2D eigenvalue weighted by Gasteiger charge is -2.27. The molecule has 0 aliphatic carbocycles. The van der Waals surface area contributed by atoms with E-state index < -0.39 is 6.04 Å². The van der Waals surface area contributed by atoms with Crippen molar-refractivity contribution in [2.75, 3.05) is 12.4 Å². The zero-order valence-electron chi connectivity index (χ0n) is 12.5. The first-order valence-electron chi connectivity index (χ1n) is 7.35. The van der Waals surface area contributed by atoms with Crippen molar-refractivity contribution in [3.8, 4) is 0 Å². The van der Waals surface area contributed by atoms with Crippen LogP contribution in [0.25, 0.3) is 0 Å². The molecule has 1 aromatic carbocycles. The fraction of sp³-hybridized carbons (Fsp3) is 0.500. The molecule has 0 radical (unpaired) electrons. The predicted molar refractivity (Wildman–Crippen MR) is 84.2 cm³/mol. The molecule has 1 fully saturated rings. The maximum Gasteiger partial charge on any atom is 0.329 e. The lowest BCUT2D eigenvalue weighted by Crippen LogP contribution is -2.46. The van der Waals surface area contributed by atoms with Crippen LogP contribution in [0.2, 0.25) is 0 Å². The Hall–Kier alpha value is -1.49. The second-order valence-electron chi connectivity index (χ2n) is 4.96. The van der Waals surface area contributed by atoms with E-state index in [1.54, 1.807) is 28.8 Å². The van der Waals surface area contributed by atoms with Gasteiger partial charge in [-0.2, -0.15) is 0 Å². The van der Waals surface area contributed by atoms with Crippen LogP contribution in [0, 0.1) is 0 Å². The Morgan fingerprint density at radius 2 is 2.00 bits per heavy atom. The number of nitrogens with zero attached hydrogens (tertiary/aromatic N) is 1. The molecule has 21 heavy (non-hydrogen) atoms. The second-order valence-corrected chi connectivity index (χ2v) is 6.17. The van der Waals surface area contributed by atoms with Crippen molar-refractivity contribution in [1.29, 1.82) is 0 Å². The molecule has 1 aromatic rings. The van der Waals surface area contributed by atoms with E-state index in [-0.39, 0.29) is 17.3 Å². The van der Waals surface area contributed by atoms with Crippen molar-refractivity contribution < 1.29 is 14.3 Å². The summed E-state index contributed by atoms with van der Waals surface area (Å²) in [6, 6.07) is 8.64. The van der Waals surface area contributed by atoms with Crippen molar-refractivity contribution in [2.24, 2.45) is 0 Å². The van der Waals surface area contributed by atoms with Crippen molar-refractivity contribution >= 4 is 23.6 Å². The maximum atomic E-state index is 12.7. The minimum atomic E-state index is -0.473. The van der Waals surface area contributed by atoms with Crippen LogP contribution in [0.1, 0.15) is 37.0 Å². The van der Waals surface area contributed by atoms with E-state index in [9.17, 15) is 9.59 Å². The van der Waals surface area contributed by atoms with Crippen molar-refractivity contribution in [1.82, 2.24) is 4.90 Å². The number of thioether (sulfide) groups is 1. The lowest BCUT2D eigenvalue weighted by atomic mass is 10.1. The molecular weight excluding hydrogens is 286 g/mol. The van der Waals surface area contributed by atoms with E-state index in [1.807, 2.05) is 32.0 Å². The highest BCUT2D eigenvalue weighted by Gasteiger charge is 2.41. The highest BCUT2D eigenvalue weighted by molar-refractivity contribution is 8.00. The van der Waals surface area contributed by atoms with Gasteiger partial charge in [-0.15, -0.1) is 11.8 Å². The first-order chi connectivity index (χ1) is 10.2. The smallest absolute Gasteiger partial charge is 0.329 e. The molecule has 2 rings (SSSR count). The molecule has 114 valence electrons. The molecular formula is C16H21NO3S. The molecule has 0 N–H and O–H groups in total. The highest BCUT2D eigenvalue weighted by Crippen LogP contribution is 2.33. The number of esters is 1. The fourth-order valence-electron chi connectivity index (χ4n) is 2.36. The molecule has 1 aliphatic heterocycles. The third-order valence-electron chi connectivity index (χ3n) is 3.42. The molecule has 1 heterocycles. The van der Waals surface area contributed by atoms with Gasteiger partial charge in [0.1, 0.15) is 6.04 Å². The SMILES string of the molecule is CCCOC(=O)C1CSC(CC)N1C(=O)c1ccccc1. The van der Waals surface area contributed by atoms with Crippen molar-refractivity contribution in [2.45, 2.75) is 38.1 Å². The van der Waals surface area contributed by atoms with Gasteiger partial charge < -0.3 is 9.64 Å². The number of hydrogen-bond acceptors (Lipinski definition) is 4. The summed E-state index contributed by atoms with van der Waals surface area (Å²) < 4.78 is 5.24. The summed E-state index contributed by atoms with van der Waals surface area (Å²) >= 11 is 1.65. The van der Waals surface area contributed by atoms with Gasteiger partial charge in [0.15, 0.2) is 0 Å². The van der Waals surface area contributed by atoms with Crippen LogP contribution in [0.4, 0.5) is 0 Å². The summed E-state index contributed by atoms with van der Waals surface area (Å²) in [6.07, 6.45) is 1.61. The van der Waals surface area contributed by atoms with Crippen molar-refractivity contribution in [3.63, 3.8) is 0 Å². The summed E-state index contributed by atoms with van der Waals surface area (Å²) in [4.78, 5) is 26.6. The van der Waals surface area contributed by atoms with Gasteiger partial charge in [0.2, 0.25) is 0 Å². The first-order valence-corrected chi connectivity index (χ1v) is 8.39. The molecule has 1 amide bonds. The van der Waals surface area contributed by atoms with E-state index in [0.717, 1.165) is 12.8 Å². The van der Waals surface area contributed by atoms with Gasteiger partial charge in [-0.3, -0.25) is 4.79 Å². The number of ether oxygens (including phenoxy) is 1. The third-order valence-corrected chi connectivity index (χ3v) is 4.87. The van der Waals surface area contributed by atoms with Crippen LogP contribution in [0.15, 0.2) is 30.3 Å². The summed E-state index contributed by atoms with van der Waals surface area (Å²) in [7, 11) is 0. The maximum absolute atomic E-state index is 12.7. The molecule has 0 saturated carbocycles. The molecule has 1 aliphatic rings. The van der Waals surface area contributed by atoms with Crippen LogP contribution in [0.3, 0.4) is 0 Å². The number of carbonyl (C=O) groups is 2. The average molecular weight is 307 g/mol. The van der Waals surface area contributed by atoms with Crippen molar-refractivity contribution in [3.05, 3.63) is 35.9 Å². The van der Waals surface area contributed by atoms with Gasteiger partial charge in [-0.05, 0) is 25.0 Å². The molecule has 2 atom stereocenters. The van der Waals surface area contributed by atoms with Crippen LogP contribution in [-0.4, -0.2) is 40.6 Å².